The third kappa shape index (κ3) is 3.11. The summed E-state index contributed by atoms with van der Waals surface area (Å²) in [6.45, 7) is 11.7. The Morgan fingerprint density at radius 3 is 2.43 bits per heavy atom. The molecular weight excluding hydrogens is 290 g/mol. The zero-order valence-electron chi connectivity index (χ0n) is 14.6. The molecule has 1 aromatic heterocycles. The summed E-state index contributed by atoms with van der Waals surface area (Å²) in [5, 5.41) is 1.10. The van der Waals surface area contributed by atoms with Crippen molar-refractivity contribution in [2.75, 3.05) is 38.3 Å². The van der Waals surface area contributed by atoms with Gasteiger partial charge in [-0.15, -0.1) is 0 Å². The minimum atomic E-state index is -0.0523. The van der Waals surface area contributed by atoms with E-state index >= 15 is 0 Å². The fourth-order valence-electron chi connectivity index (χ4n) is 2.95. The molecule has 0 radical (unpaired) electrons. The number of anilines is 1. The lowest BCUT2D eigenvalue weighted by Crippen LogP contribution is -2.37. The van der Waals surface area contributed by atoms with Crippen LogP contribution in [0, 0.1) is 6.92 Å². The normalized spacial score (nSPS) is 16.0. The summed E-state index contributed by atoms with van der Waals surface area (Å²) in [7, 11) is 1.70. The molecule has 2 aromatic rings. The molecule has 124 valence electrons. The molecule has 0 unspecified atom stereocenters. The first-order valence-corrected chi connectivity index (χ1v) is 8.09. The number of aryl methyl sites for hydroxylation is 1. The Hall–Kier alpha value is -1.88. The van der Waals surface area contributed by atoms with Gasteiger partial charge >= 0.3 is 0 Å². The maximum atomic E-state index is 5.47. The SMILES string of the molecule is COc1cc2nc(N3CCOCC3)nc(C(C)(C)C)c2cc1C. The lowest BCUT2D eigenvalue weighted by atomic mass is 9.88. The van der Waals surface area contributed by atoms with E-state index in [1.54, 1.807) is 7.11 Å². The molecule has 1 aliphatic rings. The topological polar surface area (TPSA) is 47.5 Å². The summed E-state index contributed by atoms with van der Waals surface area (Å²) in [5.74, 6) is 1.65. The van der Waals surface area contributed by atoms with Gasteiger partial charge in [-0.2, -0.15) is 0 Å². The van der Waals surface area contributed by atoms with Gasteiger partial charge in [0.15, 0.2) is 0 Å². The fraction of sp³-hybridized carbons (Fsp3) is 0.556. The fourth-order valence-corrected chi connectivity index (χ4v) is 2.95. The summed E-state index contributed by atoms with van der Waals surface area (Å²) in [6, 6.07) is 4.16. The van der Waals surface area contributed by atoms with E-state index in [0.29, 0.717) is 0 Å². The molecule has 5 nitrogen and oxygen atoms in total. The molecule has 1 fully saturated rings. The largest absolute Gasteiger partial charge is 0.496 e. The molecule has 2 heterocycles. The van der Waals surface area contributed by atoms with Crippen molar-refractivity contribution in [2.24, 2.45) is 0 Å². The van der Waals surface area contributed by atoms with Gasteiger partial charge in [-0.3, -0.25) is 0 Å². The number of hydrogen-bond donors (Lipinski definition) is 0. The van der Waals surface area contributed by atoms with Crippen LogP contribution >= 0.6 is 0 Å². The number of hydrogen-bond acceptors (Lipinski definition) is 5. The molecular formula is C18H25N3O2. The number of nitrogens with zero attached hydrogens (tertiary/aromatic N) is 3. The molecule has 1 saturated heterocycles. The van der Waals surface area contributed by atoms with Crippen LogP contribution in [0.5, 0.6) is 5.75 Å². The van der Waals surface area contributed by atoms with Crippen LogP contribution < -0.4 is 9.64 Å². The first-order valence-electron chi connectivity index (χ1n) is 8.09. The van der Waals surface area contributed by atoms with Crippen molar-refractivity contribution in [3.8, 4) is 5.75 Å². The number of methoxy groups -OCH3 is 1. The summed E-state index contributed by atoms with van der Waals surface area (Å²) >= 11 is 0. The van der Waals surface area contributed by atoms with Crippen LogP contribution in [0.15, 0.2) is 12.1 Å². The van der Waals surface area contributed by atoms with E-state index in [4.69, 9.17) is 19.4 Å². The van der Waals surface area contributed by atoms with E-state index in [-0.39, 0.29) is 5.41 Å². The summed E-state index contributed by atoms with van der Waals surface area (Å²) in [4.78, 5) is 11.9. The van der Waals surface area contributed by atoms with Gasteiger partial charge in [0.2, 0.25) is 5.95 Å². The molecule has 0 spiro atoms. The first kappa shape index (κ1) is 16.0. The number of aromatic nitrogens is 2. The molecule has 0 saturated carbocycles. The Morgan fingerprint density at radius 1 is 1.13 bits per heavy atom. The number of rotatable bonds is 2. The predicted octanol–water partition coefficient (Wildman–Crippen LogP) is 3.08. The van der Waals surface area contributed by atoms with Crippen LogP contribution in [0.3, 0.4) is 0 Å². The van der Waals surface area contributed by atoms with Crippen molar-refractivity contribution in [2.45, 2.75) is 33.1 Å². The van der Waals surface area contributed by atoms with Crippen LogP contribution in [0.25, 0.3) is 10.9 Å². The first-order chi connectivity index (χ1) is 10.9. The Balaban J connectivity index is 2.21. The van der Waals surface area contributed by atoms with Gasteiger partial charge in [-0.25, -0.2) is 9.97 Å². The number of fused-ring (bicyclic) bond motifs is 1. The third-order valence-corrected chi connectivity index (χ3v) is 4.20. The van der Waals surface area contributed by atoms with Gasteiger partial charge in [0.1, 0.15) is 5.75 Å². The van der Waals surface area contributed by atoms with Gasteiger partial charge in [0.05, 0.1) is 31.5 Å². The molecule has 1 aliphatic heterocycles. The van der Waals surface area contributed by atoms with Gasteiger partial charge in [0, 0.05) is 30.0 Å². The highest BCUT2D eigenvalue weighted by atomic mass is 16.5. The second-order valence-corrected chi connectivity index (χ2v) is 7.06. The standard InChI is InChI=1S/C18H25N3O2/c1-12-10-13-14(11-15(12)22-5)19-17(20-16(13)18(2,3)4)21-6-8-23-9-7-21/h10-11H,6-9H2,1-5H3. The molecule has 0 amide bonds. The van der Waals surface area contributed by atoms with Crippen molar-refractivity contribution in [3.05, 3.63) is 23.4 Å². The van der Waals surface area contributed by atoms with Gasteiger partial charge < -0.3 is 14.4 Å². The molecule has 23 heavy (non-hydrogen) atoms. The molecule has 0 atom stereocenters. The zero-order valence-corrected chi connectivity index (χ0v) is 14.6. The van der Waals surface area contributed by atoms with E-state index < -0.39 is 0 Å². The average Bonchev–Trinajstić information content (AvgIpc) is 2.53. The lowest BCUT2D eigenvalue weighted by Gasteiger charge is -2.29. The molecule has 0 aliphatic carbocycles. The second-order valence-electron chi connectivity index (χ2n) is 7.06. The summed E-state index contributed by atoms with van der Waals surface area (Å²) in [6.07, 6.45) is 0. The number of benzene rings is 1. The van der Waals surface area contributed by atoms with Crippen LogP contribution in [-0.2, 0) is 10.2 Å². The third-order valence-electron chi connectivity index (χ3n) is 4.20. The smallest absolute Gasteiger partial charge is 0.226 e. The monoisotopic (exact) mass is 315 g/mol. The van der Waals surface area contributed by atoms with E-state index in [1.165, 1.54) is 0 Å². The van der Waals surface area contributed by atoms with Crippen molar-refractivity contribution in [3.63, 3.8) is 0 Å². The van der Waals surface area contributed by atoms with Crippen LogP contribution in [-0.4, -0.2) is 43.4 Å². The maximum absolute atomic E-state index is 5.47. The van der Waals surface area contributed by atoms with E-state index in [9.17, 15) is 0 Å². The van der Waals surface area contributed by atoms with Crippen LogP contribution in [0.2, 0.25) is 0 Å². The summed E-state index contributed by atoms with van der Waals surface area (Å²) in [5.41, 5.74) is 3.07. The molecule has 5 heteroatoms. The molecule has 0 N–H and O–H groups in total. The van der Waals surface area contributed by atoms with Crippen molar-refractivity contribution in [1.29, 1.82) is 0 Å². The molecule has 1 aromatic carbocycles. The van der Waals surface area contributed by atoms with Crippen molar-refractivity contribution in [1.82, 2.24) is 9.97 Å². The predicted molar refractivity (Wildman–Crippen MR) is 92.6 cm³/mol. The minimum absolute atomic E-state index is 0.0523. The van der Waals surface area contributed by atoms with Gasteiger partial charge in [0.25, 0.3) is 0 Å². The Kier molecular flexibility index (Phi) is 4.15. The van der Waals surface area contributed by atoms with Crippen LogP contribution in [0.4, 0.5) is 5.95 Å². The maximum Gasteiger partial charge on any atom is 0.226 e. The van der Waals surface area contributed by atoms with Crippen molar-refractivity contribution < 1.29 is 9.47 Å². The zero-order chi connectivity index (χ0) is 16.6. The van der Waals surface area contributed by atoms with Crippen LogP contribution in [0.1, 0.15) is 32.0 Å². The van der Waals surface area contributed by atoms with Crippen molar-refractivity contribution >= 4 is 16.9 Å². The van der Waals surface area contributed by atoms with E-state index in [0.717, 1.165) is 60.2 Å². The quantitative estimate of drug-likeness (QED) is 0.852. The average molecular weight is 315 g/mol. The Bertz CT molecular complexity index is 716. The molecule has 3 rings (SSSR count). The van der Waals surface area contributed by atoms with Gasteiger partial charge in [-0.1, -0.05) is 20.8 Å². The Morgan fingerprint density at radius 2 is 1.83 bits per heavy atom. The highest BCUT2D eigenvalue weighted by molar-refractivity contribution is 5.85. The Labute approximate surface area is 137 Å². The minimum Gasteiger partial charge on any atom is -0.496 e. The highest BCUT2D eigenvalue weighted by Crippen LogP contribution is 2.33. The highest BCUT2D eigenvalue weighted by Gasteiger charge is 2.24. The number of morpholine rings is 1. The van der Waals surface area contributed by atoms with Gasteiger partial charge in [-0.05, 0) is 18.6 Å². The summed E-state index contributed by atoms with van der Waals surface area (Å²) < 4.78 is 10.9. The number of ether oxygens (including phenoxy) is 2. The molecule has 0 bridgehead atoms. The lowest BCUT2D eigenvalue weighted by molar-refractivity contribution is 0.122. The second kappa shape index (κ2) is 5.96. The van der Waals surface area contributed by atoms with E-state index in [2.05, 4.69) is 38.7 Å². The van der Waals surface area contributed by atoms with E-state index in [1.807, 2.05) is 6.07 Å².